The van der Waals surface area contributed by atoms with Gasteiger partial charge < -0.3 is 10.2 Å². The van der Waals surface area contributed by atoms with E-state index in [-0.39, 0.29) is 11.5 Å². The third-order valence-corrected chi connectivity index (χ3v) is 4.54. The highest BCUT2D eigenvalue weighted by molar-refractivity contribution is 6.05. The second kappa shape index (κ2) is 7.42. The van der Waals surface area contributed by atoms with Gasteiger partial charge in [-0.3, -0.25) is 9.59 Å². The Balaban J connectivity index is 1.80. The van der Waals surface area contributed by atoms with Crippen LogP contribution in [0.3, 0.4) is 0 Å². The van der Waals surface area contributed by atoms with E-state index in [1.807, 2.05) is 6.07 Å². The van der Waals surface area contributed by atoms with E-state index >= 15 is 0 Å². The third kappa shape index (κ3) is 4.13. The van der Waals surface area contributed by atoms with Crippen LogP contribution in [0.4, 0.5) is 24.5 Å². The van der Waals surface area contributed by atoms with E-state index in [1.165, 1.54) is 0 Å². The number of benzene rings is 2. The monoisotopic (exact) mass is 376 g/mol. The fraction of sp³-hybridized carbons (Fsp3) is 0.300. The van der Waals surface area contributed by atoms with E-state index < -0.39 is 17.6 Å². The fourth-order valence-corrected chi connectivity index (χ4v) is 3.12. The van der Waals surface area contributed by atoms with Gasteiger partial charge in [-0.2, -0.15) is 13.2 Å². The van der Waals surface area contributed by atoms with E-state index in [0.29, 0.717) is 18.7 Å². The van der Waals surface area contributed by atoms with E-state index in [1.54, 1.807) is 24.0 Å². The Hall–Kier alpha value is -2.83. The summed E-state index contributed by atoms with van der Waals surface area (Å²) in [5.41, 5.74) is 1.63. The van der Waals surface area contributed by atoms with Gasteiger partial charge in [-0.25, -0.2) is 0 Å². The number of nitrogens with zero attached hydrogens (tertiary/aromatic N) is 1. The second-order valence-corrected chi connectivity index (χ2v) is 6.38. The lowest BCUT2D eigenvalue weighted by atomic mass is 10.0. The van der Waals surface area contributed by atoms with Gasteiger partial charge in [0.05, 0.1) is 5.56 Å². The van der Waals surface area contributed by atoms with Crippen molar-refractivity contribution in [1.29, 1.82) is 0 Å². The molecule has 1 aliphatic heterocycles. The molecular weight excluding hydrogens is 357 g/mol. The van der Waals surface area contributed by atoms with E-state index in [0.717, 1.165) is 48.4 Å². The molecule has 1 N–H and O–H groups in total. The zero-order valence-corrected chi connectivity index (χ0v) is 14.8. The molecule has 0 saturated heterocycles. The lowest BCUT2D eigenvalue weighted by molar-refractivity contribution is -0.137. The first kappa shape index (κ1) is 18.9. The molecule has 0 aliphatic carbocycles. The SMILES string of the molecule is CCC(=O)N1CCCc2ccc(NC(=O)c3ccc(C(F)(F)F)cc3)cc21. The summed E-state index contributed by atoms with van der Waals surface area (Å²) in [5, 5.41) is 2.69. The molecule has 27 heavy (non-hydrogen) atoms. The molecule has 0 saturated carbocycles. The summed E-state index contributed by atoms with van der Waals surface area (Å²) in [6.45, 7) is 2.43. The zero-order valence-electron chi connectivity index (χ0n) is 14.8. The molecule has 0 fully saturated rings. The van der Waals surface area contributed by atoms with Crippen LogP contribution in [0.2, 0.25) is 0 Å². The predicted octanol–water partition coefficient (Wildman–Crippen LogP) is 4.65. The average molecular weight is 376 g/mol. The number of amides is 2. The molecule has 0 radical (unpaired) electrons. The number of rotatable bonds is 3. The minimum absolute atomic E-state index is 0.0159. The minimum Gasteiger partial charge on any atom is -0.322 e. The van der Waals surface area contributed by atoms with Crippen LogP contribution in [0.25, 0.3) is 0 Å². The van der Waals surface area contributed by atoms with Crippen molar-refractivity contribution in [2.75, 3.05) is 16.8 Å². The third-order valence-electron chi connectivity index (χ3n) is 4.54. The maximum Gasteiger partial charge on any atom is 0.416 e. The molecule has 0 spiro atoms. The molecule has 0 aromatic heterocycles. The first-order chi connectivity index (χ1) is 12.8. The van der Waals surface area contributed by atoms with Gasteiger partial charge in [-0.1, -0.05) is 13.0 Å². The van der Waals surface area contributed by atoms with Crippen LogP contribution in [0.1, 0.15) is 41.3 Å². The van der Waals surface area contributed by atoms with Gasteiger partial charge in [0, 0.05) is 29.9 Å². The largest absolute Gasteiger partial charge is 0.416 e. The smallest absolute Gasteiger partial charge is 0.322 e. The predicted molar refractivity (Wildman–Crippen MR) is 96.8 cm³/mol. The summed E-state index contributed by atoms with van der Waals surface area (Å²) < 4.78 is 37.9. The van der Waals surface area contributed by atoms with Crippen LogP contribution in [-0.2, 0) is 17.4 Å². The lowest BCUT2D eigenvalue weighted by Crippen LogP contribution is -2.35. The van der Waals surface area contributed by atoms with Crippen molar-refractivity contribution < 1.29 is 22.8 Å². The number of nitrogens with one attached hydrogen (secondary N) is 1. The normalized spacial score (nSPS) is 13.9. The van der Waals surface area contributed by atoms with E-state index in [2.05, 4.69) is 5.32 Å². The lowest BCUT2D eigenvalue weighted by Gasteiger charge is -2.29. The average Bonchev–Trinajstić information content (AvgIpc) is 2.66. The van der Waals surface area contributed by atoms with Gasteiger partial charge in [-0.05, 0) is 54.8 Å². The van der Waals surface area contributed by atoms with E-state index in [9.17, 15) is 22.8 Å². The Labute approximate surface area is 155 Å². The Bertz CT molecular complexity index is 861. The molecule has 1 heterocycles. The number of carbonyl (C=O) groups excluding carboxylic acids is 2. The van der Waals surface area contributed by atoms with Gasteiger partial charge >= 0.3 is 6.18 Å². The highest BCUT2D eigenvalue weighted by atomic mass is 19.4. The molecule has 0 atom stereocenters. The van der Waals surface area contributed by atoms with Crippen LogP contribution in [-0.4, -0.2) is 18.4 Å². The van der Waals surface area contributed by atoms with Crippen molar-refractivity contribution in [2.24, 2.45) is 0 Å². The summed E-state index contributed by atoms with van der Waals surface area (Å²) in [6.07, 6.45) is -2.31. The Morgan fingerprint density at radius 2 is 1.81 bits per heavy atom. The number of hydrogen-bond donors (Lipinski definition) is 1. The number of hydrogen-bond acceptors (Lipinski definition) is 2. The molecule has 0 bridgehead atoms. The molecule has 4 nitrogen and oxygen atoms in total. The number of carbonyl (C=O) groups is 2. The maximum absolute atomic E-state index is 12.6. The number of anilines is 2. The minimum atomic E-state index is -4.44. The first-order valence-corrected chi connectivity index (χ1v) is 8.71. The van der Waals surface area contributed by atoms with Gasteiger partial charge in [-0.15, -0.1) is 0 Å². The standard InChI is InChI=1S/C20H19F3N2O2/c1-2-18(26)25-11-3-4-13-7-10-16(12-17(13)25)24-19(27)14-5-8-15(9-6-14)20(21,22)23/h5-10,12H,2-4,11H2,1H3,(H,24,27). The summed E-state index contributed by atoms with van der Waals surface area (Å²) in [6, 6.07) is 9.39. The molecule has 1 aliphatic rings. The van der Waals surface area contributed by atoms with Crippen LogP contribution in [0.5, 0.6) is 0 Å². The van der Waals surface area contributed by atoms with Crippen LogP contribution in [0.15, 0.2) is 42.5 Å². The number of halogens is 3. The van der Waals surface area contributed by atoms with Gasteiger partial charge in [0.15, 0.2) is 0 Å². The highest BCUT2D eigenvalue weighted by Gasteiger charge is 2.30. The van der Waals surface area contributed by atoms with E-state index in [4.69, 9.17) is 0 Å². The van der Waals surface area contributed by atoms with Crippen molar-refractivity contribution in [3.05, 3.63) is 59.2 Å². The van der Waals surface area contributed by atoms with Crippen molar-refractivity contribution >= 4 is 23.2 Å². The molecule has 0 unspecified atom stereocenters. The van der Waals surface area contributed by atoms with Gasteiger partial charge in [0.1, 0.15) is 0 Å². The van der Waals surface area contributed by atoms with Gasteiger partial charge in [0.2, 0.25) is 5.91 Å². The van der Waals surface area contributed by atoms with Crippen LogP contribution >= 0.6 is 0 Å². The molecule has 2 amide bonds. The molecule has 2 aromatic carbocycles. The Kier molecular flexibility index (Phi) is 5.21. The molecule has 2 aromatic rings. The number of alkyl halides is 3. The maximum atomic E-state index is 12.6. The van der Waals surface area contributed by atoms with Crippen molar-refractivity contribution in [2.45, 2.75) is 32.4 Å². The molecule has 3 rings (SSSR count). The van der Waals surface area contributed by atoms with Gasteiger partial charge in [0.25, 0.3) is 5.91 Å². The summed E-state index contributed by atoms with van der Waals surface area (Å²) >= 11 is 0. The topological polar surface area (TPSA) is 49.4 Å². The summed E-state index contributed by atoms with van der Waals surface area (Å²) in [4.78, 5) is 26.2. The molecule has 142 valence electrons. The van der Waals surface area contributed by atoms with Crippen molar-refractivity contribution in [3.63, 3.8) is 0 Å². The zero-order chi connectivity index (χ0) is 19.6. The summed E-state index contributed by atoms with van der Waals surface area (Å²) in [5.74, 6) is -0.491. The first-order valence-electron chi connectivity index (χ1n) is 8.71. The van der Waals surface area contributed by atoms with Crippen molar-refractivity contribution in [3.8, 4) is 0 Å². The Morgan fingerprint density at radius 3 is 2.44 bits per heavy atom. The number of fused-ring (bicyclic) bond motifs is 1. The summed E-state index contributed by atoms with van der Waals surface area (Å²) in [7, 11) is 0. The van der Waals surface area contributed by atoms with Crippen molar-refractivity contribution in [1.82, 2.24) is 0 Å². The quantitative estimate of drug-likeness (QED) is 0.848. The molecule has 7 heteroatoms. The Morgan fingerprint density at radius 1 is 1.11 bits per heavy atom. The second-order valence-electron chi connectivity index (χ2n) is 6.38. The highest BCUT2D eigenvalue weighted by Crippen LogP contribution is 2.31. The number of aryl methyl sites for hydroxylation is 1. The van der Waals surface area contributed by atoms with Crippen LogP contribution < -0.4 is 10.2 Å². The molecular formula is C20H19F3N2O2. The van der Waals surface area contributed by atoms with Crippen LogP contribution in [0, 0.1) is 0 Å². The fourth-order valence-electron chi connectivity index (χ4n) is 3.12.